The van der Waals surface area contributed by atoms with Crippen LogP contribution in [0.4, 0.5) is 0 Å². The summed E-state index contributed by atoms with van der Waals surface area (Å²) in [6.45, 7) is 11.5. The number of nitrogens with one attached hydrogen (secondary N) is 1. The molecule has 3 nitrogen and oxygen atoms in total. The minimum Gasteiger partial charge on any atom is -0.391 e. The minimum absolute atomic E-state index is 0.132. The Hall–Kier alpha value is -1.35. The first kappa shape index (κ1) is 19.0. The van der Waals surface area contributed by atoms with Gasteiger partial charge in [-0.25, -0.2) is 0 Å². The van der Waals surface area contributed by atoms with Crippen LogP contribution < -0.4 is 5.32 Å². The molecule has 0 radical (unpaired) electrons. The van der Waals surface area contributed by atoms with Crippen molar-refractivity contribution in [3.05, 3.63) is 34.9 Å². The Morgan fingerprint density at radius 2 is 2.07 bits per heavy atom. The van der Waals surface area contributed by atoms with Crippen molar-refractivity contribution in [3.8, 4) is 0 Å². The van der Waals surface area contributed by atoms with E-state index in [1.807, 2.05) is 0 Å². The summed E-state index contributed by atoms with van der Waals surface area (Å²) < 4.78 is 0. The van der Waals surface area contributed by atoms with Crippen molar-refractivity contribution >= 4 is 6.21 Å². The van der Waals surface area contributed by atoms with E-state index in [-0.39, 0.29) is 16.9 Å². The van der Waals surface area contributed by atoms with Crippen molar-refractivity contribution < 1.29 is 4.84 Å². The van der Waals surface area contributed by atoms with Crippen molar-refractivity contribution in [3.63, 3.8) is 0 Å². The summed E-state index contributed by atoms with van der Waals surface area (Å²) in [4.78, 5) is 5.80. The molecule has 27 heavy (non-hydrogen) atoms. The number of benzene rings is 1. The maximum absolute atomic E-state index is 5.80. The van der Waals surface area contributed by atoms with Gasteiger partial charge in [0.05, 0.1) is 0 Å². The maximum atomic E-state index is 5.80. The number of rotatable bonds is 4. The van der Waals surface area contributed by atoms with Crippen LogP contribution >= 0.6 is 0 Å². The summed E-state index contributed by atoms with van der Waals surface area (Å²) in [6, 6.07) is 7.30. The van der Waals surface area contributed by atoms with Crippen LogP contribution in [0.25, 0.3) is 0 Å². The third kappa shape index (κ3) is 3.44. The smallest absolute Gasteiger partial charge is 0.141 e. The molecule has 4 rings (SSSR count). The number of fused-ring (bicyclic) bond motifs is 3. The first-order chi connectivity index (χ1) is 12.9. The van der Waals surface area contributed by atoms with Crippen molar-refractivity contribution in [1.82, 2.24) is 5.32 Å². The standard InChI is InChI=1S/C24H36N2O/c1-17(2)18-6-8-21-19(14-18)7-9-22-23(3,11-5-12-24(21,22)4)16-26-27-20-10-13-25-15-20/h6,8,14,16-17,20,22,25H,5,7,9-13,15H2,1-4H3/b26-16-/t20-,22-,23-,24+/m0/s1. The lowest BCUT2D eigenvalue weighted by Gasteiger charge is -2.54. The number of oxime groups is 1. The van der Waals surface area contributed by atoms with Crippen LogP contribution in [-0.4, -0.2) is 25.4 Å². The quantitative estimate of drug-likeness (QED) is 0.586. The predicted octanol–water partition coefficient (Wildman–Crippen LogP) is 5.18. The molecule has 1 aromatic carbocycles. The maximum Gasteiger partial charge on any atom is 0.141 e. The van der Waals surface area contributed by atoms with Gasteiger partial charge >= 0.3 is 0 Å². The summed E-state index contributed by atoms with van der Waals surface area (Å²) in [5, 5.41) is 7.85. The molecule has 148 valence electrons. The fourth-order valence-electron chi connectivity index (χ4n) is 6.03. The van der Waals surface area contributed by atoms with Crippen LogP contribution in [0.15, 0.2) is 23.4 Å². The zero-order valence-electron chi connectivity index (χ0n) is 17.6. The zero-order valence-corrected chi connectivity index (χ0v) is 17.6. The topological polar surface area (TPSA) is 33.6 Å². The molecule has 1 aromatic rings. The number of hydrogen-bond donors (Lipinski definition) is 1. The molecule has 0 spiro atoms. The van der Waals surface area contributed by atoms with E-state index < -0.39 is 0 Å². The summed E-state index contributed by atoms with van der Waals surface area (Å²) in [7, 11) is 0. The van der Waals surface area contributed by atoms with E-state index in [4.69, 9.17) is 4.84 Å². The van der Waals surface area contributed by atoms with Gasteiger partial charge in [-0.2, -0.15) is 0 Å². The van der Waals surface area contributed by atoms with E-state index in [1.165, 1.54) is 37.7 Å². The molecule has 1 N–H and O–H groups in total. The molecule has 0 bridgehead atoms. The van der Waals surface area contributed by atoms with E-state index >= 15 is 0 Å². The van der Waals surface area contributed by atoms with E-state index in [1.54, 1.807) is 11.1 Å². The fraction of sp³-hybridized carbons (Fsp3) is 0.708. The van der Waals surface area contributed by atoms with Gasteiger partial charge in [0, 0.05) is 24.6 Å². The lowest BCUT2D eigenvalue weighted by Crippen LogP contribution is -2.49. The summed E-state index contributed by atoms with van der Waals surface area (Å²) >= 11 is 0. The van der Waals surface area contributed by atoms with Crippen LogP contribution in [0.5, 0.6) is 0 Å². The van der Waals surface area contributed by atoms with Gasteiger partial charge in [0.2, 0.25) is 0 Å². The zero-order chi connectivity index (χ0) is 19.1. The van der Waals surface area contributed by atoms with E-state index in [2.05, 4.69) is 62.6 Å². The average molecular weight is 369 g/mol. The van der Waals surface area contributed by atoms with Crippen LogP contribution in [0.2, 0.25) is 0 Å². The third-order valence-corrected chi connectivity index (χ3v) is 7.66. The van der Waals surface area contributed by atoms with Gasteiger partial charge in [-0.15, -0.1) is 0 Å². The minimum atomic E-state index is 0.132. The fourth-order valence-corrected chi connectivity index (χ4v) is 6.03. The average Bonchev–Trinajstić information content (AvgIpc) is 3.14. The molecule has 1 heterocycles. The molecule has 0 aromatic heterocycles. The highest BCUT2D eigenvalue weighted by Crippen LogP contribution is 2.56. The van der Waals surface area contributed by atoms with Gasteiger partial charge in [-0.3, -0.25) is 0 Å². The van der Waals surface area contributed by atoms with E-state index in [9.17, 15) is 0 Å². The van der Waals surface area contributed by atoms with Gasteiger partial charge in [-0.05, 0) is 66.2 Å². The molecule has 0 amide bonds. The van der Waals surface area contributed by atoms with Crippen molar-refractivity contribution in [2.75, 3.05) is 13.1 Å². The Kier molecular flexibility index (Phi) is 5.09. The Balaban J connectivity index is 1.59. The van der Waals surface area contributed by atoms with Crippen molar-refractivity contribution in [2.45, 2.75) is 83.7 Å². The Labute approximate surface area is 164 Å². The molecule has 3 aliphatic rings. The first-order valence-electron chi connectivity index (χ1n) is 11.0. The first-order valence-corrected chi connectivity index (χ1v) is 11.0. The highest BCUT2D eigenvalue weighted by Gasteiger charge is 2.51. The van der Waals surface area contributed by atoms with Crippen molar-refractivity contribution in [2.24, 2.45) is 16.5 Å². The van der Waals surface area contributed by atoms with Crippen LogP contribution in [0.3, 0.4) is 0 Å². The lowest BCUT2D eigenvalue weighted by molar-refractivity contribution is 0.0566. The molecule has 2 aliphatic carbocycles. The van der Waals surface area contributed by atoms with E-state index in [0.717, 1.165) is 19.5 Å². The molecule has 4 atom stereocenters. The second-order valence-electron chi connectivity index (χ2n) is 9.89. The van der Waals surface area contributed by atoms with Gasteiger partial charge in [-0.1, -0.05) is 57.5 Å². The Bertz CT molecular complexity index is 706. The van der Waals surface area contributed by atoms with Gasteiger partial charge in [0.15, 0.2) is 0 Å². The molecule has 1 aliphatic heterocycles. The molecular formula is C24H36N2O. The van der Waals surface area contributed by atoms with Crippen LogP contribution in [-0.2, 0) is 16.7 Å². The van der Waals surface area contributed by atoms with Gasteiger partial charge in [0.1, 0.15) is 6.10 Å². The summed E-state index contributed by atoms with van der Waals surface area (Å²) in [6.07, 6.45) is 9.74. The number of nitrogens with zero attached hydrogens (tertiary/aromatic N) is 1. The van der Waals surface area contributed by atoms with Gasteiger partial charge in [0.25, 0.3) is 0 Å². The number of aryl methyl sites for hydroxylation is 1. The molecule has 3 heteroatoms. The monoisotopic (exact) mass is 368 g/mol. The molecule has 1 saturated heterocycles. The van der Waals surface area contributed by atoms with Crippen molar-refractivity contribution in [1.29, 1.82) is 0 Å². The van der Waals surface area contributed by atoms with Crippen LogP contribution in [0.1, 0.15) is 82.4 Å². The Morgan fingerprint density at radius 3 is 2.81 bits per heavy atom. The summed E-state index contributed by atoms with van der Waals surface area (Å²) in [5.74, 6) is 1.25. The molecule has 1 saturated carbocycles. The SMILES string of the molecule is CC(C)c1ccc2c(c1)CC[C@H]1[C@](C)(/C=N\O[C@H]3CCNC3)CCC[C@]21C. The molecule has 2 fully saturated rings. The normalized spacial score (nSPS) is 36.0. The second kappa shape index (κ2) is 7.24. The summed E-state index contributed by atoms with van der Waals surface area (Å²) in [5.41, 5.74) is 5.07. The largest absolute Gasteiger partial charge is 0.391 e. The highest BCUT2D eigenvalue weighted by atomic mass is 16.6. The molecular weight excluding hydrogens is 332 g/mol. The number of hydrogen-bond acceptors (Lipinski definition) is 3. The predicted molar refractivity (Wildman–Crippen MR) is 113 cm³/mol. The van der Waals surface area contributed by atoms with Crippen LogP contribution in [0, 0.1) is 11.3 Å². The molecule has 0 unspecified atom stereocenters. The highest BCUT2D eigenvalue weighted by molar-refractivity contribution is 5.66. The second-order valence-corrected chi connectivity index (χ2v) is 9.89. The van der Waals surface area contributed by atoms with Gasteiger partial charge < -0.3 is 10.2 Å². The Morgan fingerprint density at radius 1 is 1.22 bits per heavy atom. The van der Waals surface area contributed by atoms with E-state index in [0.29, 0.717) is 11.8 Å². The third-order valence-electron chi connectivity index (χ3n) is 7.66. The lowest BCUT2D eigenvalue weighted by atomic mass is 9.50.